The molecule has 3 nitrogen and oxygen atoms in total. The van der Waals surface area contributed by atoms with Gasteiger partial charge in [0.25, 0.3) is 6.02 Å². The van der Waals surface area contributed by atoms with E-state index in [1.54, 1.807) is 0 Å². The average molecular weight is 211 g/mol. The van der Waals surface area contributed by atoms with Gasteiger partial charge >= 0.3 is 0 Å². The van der Waals surface area contributed by atoms with Crippen molar-refractivity contribution in [1.29, 1.82) is 0 Å². The molecule has 0 fully saturated rings. The molecule has 0 bridgehead atoms. The molecule has 1 heterocycles. The van der Waals surface area contributed by atoms with Gasteiger partial charge in [0.05, 0.1) is 17.3 Å². The van der Waals surface area contributed by atoms with E-state index in [4.69, 9.17) is 16.3 Å². The van der Waals surface area contributed by atoms with Gasteiger partial charge in [-0.05, 0) is 24.6 Å². The van der Waals surface area contributed by atoms with Crippen molar-refractivity contribution in [2.75, 3.05) is 18.5 Å². The molecule has 0 saturated heterocycles. The Hall–Kier alpha value is -1.22. The van der Waals surface area contributed by atoms with E-state index in [1.807, 2.05) is 25.1 Å². The third-order valence-electron chi connectivity index (χ3n) is 1.95. The quantitative estimate of drug-likeness (QED) is 0.773. The van der Waals surface area contributed by atoms with Crippen molar-refractivity contribution < 1.29 is 4.74 Å². The van der Waals surface area contributed by atoms with Crippen LogP contribution in [0.3, 0.4) is 0 Å². The third-order valence-corrected chi connectivity index (χ3v) is 2.26. The summed E-state index contributed by atoms with van der Waals surface area (Å²) in [6.07, 6.45) is 0. The van der Waals surface area contributed by atoms with E-state index in [0.717, 1.165) is 11.3 Å². The molecule has 0 spiro atoms. The Labute approximate surface area is 87.7 Å². The molecule has 1 aromatic carbocycles. The average Bonchev–Trinajstić information content (AvgIpc) is 2.62. The number of benzene rings is 1. The van der Waals surface area contributed by atoms with Crippen molar-refractivity contribution in [3.63, 3.8) is 0 Å². The highest BCUT2D eigenvalue weighted by Crippen LogP contribution is 2.23. The second kappa shape index (κ2) is 3.88. The molecule has 14 heavy (non-hydrogen) atoms. The lowest BCUT2D eigenvalue weighted by Crippen LogP contribution is -2.11. The third kappa shape index (κ3) is 1.99. The Morgan fingerprint density at radius 2 is 2.36 bits per heavy atom. The molecular formula is C10H11ClN2O. The van der Waals surface area contributed by atoms with Gasteiger partial charge in [0.15, 0.2) is 0 Å². The molecule has 2 rings (SSSR count). The van der Waals surface area contributed by atoms with Gasteiger partial charge in [-0.2, -0.15) is 0 Å². The fraction of sp³-hybridized carbons (Fsp3) is 0.300. The van der Waals surface area contributed by atoms with E-state index in [2.05, 4.69) is 10.3 Å². The lowest BCUT2D eigenvalue weighted by Gasteiger charge is -2.07. The van der Waals surface area contributed by atoms with Crippen LogP contribution >= 0.6 is 11.6 Å². The van der Waals surface area contributed by atoms with E-state index in [9.17, 15) is 0 Å². The van der Waals surface area contributed by atoms with E-state index in [0.29, 0.717) is 24.2 Å². The number of ether oxygens (including phenoxy) is 1. The summed E-state index contributed by atoms with van der Waals surface area (Å²) in [4.78, 5) is 4.12. The Morgan fingerprint density at radius 3 is 3.00 bits per heavy atom. The molecule has 0 atom stereocenters. The highest BCUT2D eigenvalue weighted by atomic mass is 35.5. The summed E-state index contributed by atoms with van der Waals surface area (Å²) < 4.78 is 5.22. The normalized spacial score (nSPS) is 14.9. The van der Waals surface area contributed by atoms with Crippen molar-refractivity contribution in [1.82, 2.24) is 0 Å². The highest BCUT2D eigenvalue weighted by Gasteiger charge is 2.08. The Kier molecular flexibility index (Phi) is 2.59. The van der Waals surface area contributed by atoms with E-state index in [1.165, 1.54) is 0 Å². The van der Waals surface area contributed by atoms with Gasteiger partial charge in [-0.3, -0.25) is 0 Å². The van der Waals surface area contributed by atoms with Gasteiger partial charge in [0.1, 0.15) is 6.61 Å². The molecule has 0 saturated carbocycles. The molecule has 0 unspecified atom stereocenters. The van der Waals surface area contributed by atoms with Crippen LogP contribution < -0.4 is 5.32 Å². The minimum atomic E-state index is 0.552. The fourth-order valence-electron chi connectivity index (χ4n) is 1.25. The maximum atomic E-state index is 6.03. The molecule has 1 aromatic rings. The summed E-state index contributed by atoms with van der Waals surface area (Å²) in [5, 5.41) is 3.72. The molecule has 1 aliphatic heterocycles. The first-order chi connectivity index (χ1) is 6.75. The zero-order chi connectivity index (χ0) is 9.97. The lowest BCUT2D eigenvalue weighted by molar-refractivity contribution is 0.346. The molecular weight excluding hydrogens is 200 g/mol. The minimum Gasteiger partial charge on any atom is -0.463 e. The predicted octanol–water partition coefficient (Wildman–Crippen LogP) is 2.45. The molecule has 0 radical (unpaired) electrons. The molecule has 0 aromatic heterocycles. The SMILES string of the molecule is Cc1ccc(NC2=NCCO2)c(Cl)c1. The van der Waals surface area contributed by atoms with Gasteiger partial charge in [-0.25, -0.2) is 4.99 Å². The summed E-state index contributed by atoms with van der Waals surface area (Å²) in [5.41, 5.74) is 1.97. The van der Waals surface area contributed by atoms with Crippen molar-refractivity contribution in [3.05, 3.63) is 28.8 Å². The summed E-state index contributed by atoms with van der Waals surface area (Å²) in [6.45, 7) is 3.36. The maximum absolute atomic E-state index is 6.03. The van der Waals surface area contributed by atoms with Gasteiger partial charge < -0.3 is 10.1 Å². The molecule has 0 aliphatic carbocycles. The standard InChI is InChI=1S/C10H11ClN2O/c1-7-2-3-9(8(11)6-7)13-10-12-4-5-14-10/h2-3,6H,4-5H2,1H3,(H,12,13). The first kappa shape index (κ1) is 9.34. The van der Waals surface area contributed by atoms with Crippen molar-refractivity contribution in [2.45, 2.75) is 6.92 Å². The first-order valence-corrected chi connectivity index (χ1v) is 4.84. The number of anilines is 1. The number of hydrogen-bond donors (Lipinski definition) is 1. The number of halogens is 1. The number of nitrogens with one attached hydrogen (secondary N) is 1. The molecule has 0 amide bonds. The minimum absolute atomic E-state index is 0.552. The van der Waals surface area contributed by atoms with Gasteiger partial charge in [-0.1, -0.05) is 17.7 Å². The van der Waals surface area contributed by atoms with Crippen LogP contribution in [0, 0.1) is 6.92 Å². The lowest BCUT2D eigenvalue weighted by atomic mass is 10.2. The van der Waals surface area contributed by atoms with Crippen LogP contribution in [-0.4, -0.2) is 19.2 Å². The topological polar surface area (TPSA) is 33.6 Å². The maximum Gasteiger partial charge on any atom is 0.289 e. The molecule has 74 valence electrons. The second-order valence-corrected chi connectivity index (χ2v) is 3.55. The summed E-state index contributed by atoms with van der Waals surface area (Å²) >= 11 is 6.03. The fourth-order valence-corrected chi connectivity index (χ4v) is 1.53. The number of aryl methyl sites for hydroxylation is 1. The second-order valence-electron chi connectivity index (χ2n) is 3.14. The monoisotopic (exact) mass is 210 g/mol. The Morgan fingerprint density at radius 1 is 1.50 bits per heavy atom. The summed E-state index contributed by atoms with van der Waals surface area (Å²) in [7, 11) is 0. The van der Waals surface area contributed by atoms with Crippen LogP contribution in [0.25, 0.3) is 0 Å². The molecule has 1 aliphatic rings. The molecule has 1 N–H and O–H groups in total. The predicted molar refractivity (Wildman–Crippen MR) is 58.1 cm³/mol. The van der Waals surface area contributed by atoms with Crippen LogP contribution in [0.4, 0.5) is 5.69 Å². The van der Waals surface area contributed by atoms with Crippen LogP contribution in [-0.2, 0) is 4.74 Å². The van der Waals surface area contributed by atoms with Crippen LogP contribution in [0.2, 0.25) is 5.02 Å². The van der Waals surface area contributed by atoms with E-state index >= 15 is 0 Å². The van der Waals surface area contributed by atoms with Gasteiger partial charge in [-0.15, -0.1) is 0 Å². The number of aliphatic imine (C=N–C) groups is 1. The van der Waals surface area contributed by atoms with Gasteiger partial charge in [0, 0.05) is 0 Å². The number of amidine groups is 1. The molecule has 4 heteroatoms. The van der Waals surface area contributed by atoms with Crippen LogP contribution in [0.15, 0.2) is 23.2 Å². The highest BCUT2D eigenvalue weighted by molar-refractivity contribution is 6.33. The van der Waals surface area contributed by atoms with E-state index < -0.39 is 0 Å². The van der Waals surface area contributed by atoms with Gasteiger partial charge in [0.2, 0.25) is 0 Å². The first-order valence-electron chi connectivity index (χ1n) is 4.46. The van der Waals surface area contributed by atoms with E-state index in [-0.39, 0.29) is 0 Å². The van der Waals surface area contributed by atoms with Crippen LogP contribution in [0.1, 0.15) is 5.56 Å². The number of nitrogens with zero attached hydrogens (tertiary/aromatic N) is 1. The number of hydrogen-bond acceptors (Lipinski definition) is 3. The zero-order valence-corrected chi connectivity index (χ0v) is 8.64. The smallest absolute Gasteiger partial charge is 0.289 e. The Balaban J connectivity index is 2.16. The number of rotatable bonds is 1. The zero-order valence-electron chi connectivity index (χ0n) is 7.88. The summed E-state index contributed by atoms with van der Waals surface area (Å²) in [6, 6.07) is 6.36. The van der Waals surface area contributed by atoms with Crippen molar-refractivity contribution in [2.24, 2.45) is 4.99 Å². The van der Waals surface area contributed by atoms with Crippen LogP contribution in [0.5, 0.6) is 0 Å². The Bertz CT molecular complexity index is 376. The van der Waals surface area contributed by atoms with Crippen molar-refractivity contribution in [3.8, 4) is 0 Å². The van der Waals surface area contributed by atoms with Crippen molar-refractivity contribution >= 4 is 23.3 Å². The summed E-state index contributed by atoms with van der Waals surface area (Å²) in [5.74, 6) is 0. The largest absolute Gasteiger partial charge is 0.463 e.